The summed E-state index contributed by atoms with van der Waals surface area (Å²) in [5, 5.41) is 2.19. The van der Waals surface area contributed by atoms with Crippen LogP contribution < -0.4 is 4.90 Å². The Kier molecular flexibility index (Phi) is 7.52. The molecule has 9 aromatic carbocycles. The molecule has 1 heterocycles. The fourth-order valence-corrected chi connectivity index (χ4v) is 10.6. The van der Waals surface area contributed by atoms with Crippen LogP contribution in [-0.4, -0.2) is 0 Å². The van der Waals surface area contributed by atoms with Gasteiger partial charge in [-0.2, -0.15) is 0 Å². The van der Waals surface area contributed by atoms with Gasteiger partial charge in [-0.15, -0.1) is 0 Å². The van der Waals surface area contributed by atoms with Crippen molar-refractivity contribution in [2.75, 3.05) is 4.90 Å². The number of rotatable bonds is 6. The largest absolute Gasteiger partial charge is 0.456 e. The monoisotopic (exact) mass is 767 g/mol. The van der Waals surface area contributed by atoms with Crippen molar-refractivity contribution in [1.29, 1.82) is 0 Å². The van der Waals surface area contributed by atoms with Crippen LogP contribution in [0.1, 0.15) is 47.2 Å². The second-order valence-corrected chi connectivity index (χ2v) is 16.8. The molecular weight excluding hydrogens is 727 g/mol. The molecule has 2 aliphatic carbocycles. The number of para-hydroxylation sites is 1. The molecule has 0 atom stereocenters. The van der Waals surface area contributed by atoms with E-state index in [0.29, 0.717) is 0 Å². The summed E-state index contributed by atoms with van der Waals surface area (Å²) in [6, 6.07) is 78.0. The molecule has 0 spiro atoms. The lowest BCUT2D eigenvalue weighted by atomic mass is 9.67. The van der Waals surface area contributed by atoms with E-state index >= 15 is 0 Å². The first-order valence-corrected chi connectivity index (χ1v) is 20.9. The van der Waals surface area contributed by atoms with E-state index in [4.69, 9.17) is 4.42 Å². The van der Waals surface area contributed by atoms with Gasteiger partial charge in [-0.3, -0.25) is 0 Å². The van der Waals surface area contributed by atoms with Crippen molar-refractivity contribution in [3.8, 4) is 33.4 Å². The smallest absolute Gasteiger partial charge is 0.140 e. The third-order valence-electron chi connectivity index (χ3n) is 13.3. The quantitative estimate of drug-likeness (QED) is 0.168. The molecule has 2 nitrogen and oxygen atoms in total. The van der Waals surface area contributed by atoms with Crippen LogP contribution in [0.5, 0.6) is 0 Å². The minimum Gasteiger partial charge on any atom is -0.456 e. The molecule has 2 heteroatoms. The molecule has 10 aromatic rings. The third-order valence-corrected chi connectivity index (χ3v) is 13.3. The summed E-state index contributed by atoms with van der Waals surface area (Å²) in [7, 11) is 0. The molecule has 12 rings (SSSR count). The number of fused-ring (bicyclic) bond motifs is 9. The fraction of sp³-hybridized carbons (Fsp3) is 0.0690. The maximum Gasteiger partial charge on any atom is 0.140 e. The van der Waals surface area contributed by atoms with Gasteiger partial charge in [0.2, 0.25) is 0 Å². The summed E-state index contributed by atoms with van der Waals surface area (Å²) in [5.74, 6) is 0. The van der Waals surface area contributed by atoms with Crippen molar-refractivity contribution in [2.24, 2.45) is 0 Å². The Bertz CT molecular complexity index is 3250. The van der Waals surface area contributed by atoms with Crippen molar-refractivity contribution in [2.45, 2.75) is 24.7 Å². The molecule has 0 saturated carbocycles. The molecule has 0 N–H and O–H groups in total. The molecule has 0 unspecified atom stereocenters. The van der Waals surface area contributed by atoms with E-state index in [1.807, 2.05) is 0 Å². The van der Waals surface area contributed by atoms with Crippen LogP contribution in [0.2, 0.25) is 0 Å². The van der Waals surface area contributed by atoms with Crippen LogP contribution in [0, 0.1) is 0 Å². The highest BCUT2D eigenvalue weighted by atomic mass is 16.3. The van der Waals surface area contributed by atoms with Gasteiger partial charge in [0.15, 0.2) is 0 Å². The highest BCUT2D eigenvalue weighted by molar-refractivity contribution is 6.09. The van der Waals surface area contributed by atoms with Crippen LogP contribution in [0.4, 0.5) is 17.1 Å². The average Bonchev–Trinajstić information content (AvgIpc) is 3.91. The first kappa shape index (κ1) is 34.6. The third kappa shape index (κ3) is 4.88. The summed E-state index contributed by atoms with van der Waals surface area (Å²) >= 11 is 0. The van der Waals surface area contributed by atoms with Crippen molar-refractivity contribution in [3.05, 3.63) is 246 Å². The van der Waals surface area contributed by atoms with Crippen LogP contribution in [-0.2, 0) is 10.8 Å². The summed E-state index contributed by atoms with van der Waals surface area (Å²) in [4.78, 5) is 2.47. The molecule has 60 heavy (non-hydrogen) atoms. The van der Waals surface area contributed by atoms with E-state index in [9.17, 15) is 0 Å². The van der Waals surface area contributed by atoms with Crippen molar-refractivity contribution in [3.63, 3.8) is 0 Å². The average molecular weight is 768 g/mol. The lowest BCUT2D eigenvalue weighted by Gasteiger charge is -2.35. The van der Waals surface area contributed by atoms with E-state index in [1.165, 1.54) is 61.2 Å². The van der Waals surface area contributed by atoms with Gasteiger partial charge in [-0.05, 0) is 104 Å². The minimum absolute atomic E-state index is 0.163. The van der Waals surface area contributed by atoms with Gasteiger partial charge in [-0.25, -0.2) is 0 Å². The van der Waals surface area contributed by atoms with Gasteiger partial charge in [0.1, 0.15) is 11.2 Å². The Balaban J connectivity index is 1.20. The molecule has 1 aromatic heterocycles. The second kappa shape index (κ2) is 13.0. The summed E-state index contributed by atoms with van der Waals surface area (Å²) < 4.78 is 7.10. The molecule has 2 aliphatic rings. The minimum atomic E-state index is -0.671. The van der Waals surface area contributed by atoms with Crippen molar-refractivity contribution >= 4 is 39.0 Å². The van der Waals surface area contributed by atoms with E-state index < -0.39 is 5.41 Å². The lowest BCUT2D eigenvalue weighted by Crippen LogP contribution is -2.29. The number of benzene rings is 9. The summed E-state index contributed by atoms with van der Waals surface area (Å²) in [6.07, 6.45) is 0. The maximum absolute atomic E-state index is 7.10. The molecule has 0 saturated heterocycles. The van der Waals surface area contributed by atoms with Crippen molar-refractivity contribution in [1.82, 2.24) is 0 Å². The first-order chi connectivity index (χ1) is 29.5. The zero-order chi connectivity index (χ0) is 40.0. The molecule has 0 aliphatic heterocycles. The predicted octanol–water partition coefficient (Wildman–Crippen LogP) is 15.4. The topological polar surface area (TPSA) is 16.4 Å². The highest BCUT2D eigenvalue weighted by Crippen LogP contribution is 2.59. The Morgan fingerprint density at radius 2 is 0.917 bits per heavy atom. The standard InChI is InChI=1S/C58H41NO/c1-57(2)50-28-13-9-24-44(50)47-33-32-42(36-53(47)57)59(41-23-17-20-39(34-41)38-18-5-3-6-19-38)43-35-49-48-27-12-16-31-55(48)60-56(49)54(37-43)58(40-21-7-4-8-22-40)51-29-14-10-25-45(51)46-26-11-15-30-52(46)58/h3-37H,1-2H3. The lowest BCUT2D eigenvalue weighted by molar-refractivity contribution is 0.648. The van der Waals surface area contributed by atoms with Gasteiger partial charge in [0.05, 0.1) is 5.41 Å². The van der Waals surface area contributed by atoms with Gasteiger partial charge in [0.25, 0.3) is 0 Å². The summed E-state index contributed by atoms with van der Waals surface area (Å²) in [5.41, 5.74) is 19.2. The second-order valence-electron chi connectivity index (χ2n) is 16.8. The van der Waals surface area contributed by atoms with E-state index in [0.717, 1.165) is 44.6 Å². The zero-order valence-corrected chi connectivity index (χ0v) is 33.6. The van der Waals surface area contributed by atoms with Gasteiger partial charge < -0.3 is 9.32 Å². The molecule has 0 bridgehead atoms. The normalized spacial score (nSPS) is 14.1. The van der Waals surface area contributed by atoms with E-state index in [2.05, 4.69) is 231 Å². The van der Waals surface area contributed by atoms with Gasteiger partial charge >= 0.3 is 0 Å². The van der Waals surface area contributed by atoms with Gasteiger partial charge in [-0.1, -0.05) is 184 Å². The summed E-state index contributed by atoms with van der Waals surface area (Å²) in [6.45, 7) is 4.73. The number of nitrogens with zero attached hydrogens (tertiary/aromatic N) is 1. The molecule has 0 fully saturated rings. The number of furan rings is 1. The molecule has 284 valence electrons. The van der Waals surface area contributed by atoms with Crippen LogP contribution in [0.15, 0.2) is 217 Å². The van der Waals surface area contributed by atoms with E-state index in [-0.39, 0.29) is 5.41 Å². The van der Waals surface area contributed by atoms with Crippen LogP contribution in [0.25, 0.3) is 55.3 Å². The fourth-order valence-electron chi connectivity index (χ4n) is 10.6. The van der Waals surface area contributed by atoms with Crippen LogP contribution >= 0.6 is 0 Å². The number of hydrogen-bond acceptors (Lipinski definition) is 2. The van der Waals surface area contributed by atoms with Crippen LogP contribution in [0.3, 0.4) is 0 Å². The van der Waals surface area contributed by atoms with Gasteiger partial charge in [0, 0.05) is 38.8 Å². The first-order valence-electron chi connectivity index (χ1n) is 20.9. The highest BCUT2D eigenvalue weighted by Gasteiger charge is 2.48. The molecule has 0 amide bonds. The zero-order valence-electron chi connectivity index (χ0n) is 33.6. The predicted molar refractivity (Wildman–Crippen MR) is 249 cm³/mol. The Morgan fingerprint density at radius 3 is 1.65 bits per heavy atom. The number of hydrogen-bond donors (Lipinski definition) is 0. The van der Waals surface area contributed by atoms with E-state index in [1.54, 1.807) is 0 Å². The SMILES string of the molecule is CC1(C)c2ccccc2-c2ccc(N(c3cccc(-c4ccccc4)c3)c3cc(C4(c5ccccc5)c5ccccc5-c5ccccc54)c4oc5ccccc5c4c3)cc21. The Hall–Kier alpha value is -7.42. The molecule has 0 radical (unpaired) electrons. The molecular formula is C58H41NO. The maximum atomic E-state index is 7.10. The Morgan fingerprint density at radius 1 is 0.367 bits per heavy atom. The Labute approximate surface area is 350 Å². The van der Waals surface area contributed by atoms with Crippen molar-refractivity contribution < 1.29 is 4.42 Å². The number of anilines is 3.